The van der Waals surface area contributed by atoms with Gasteiger partial charge in [0.25, 0.3) is 5.91 Å². The third kappa shape index (κ3) is 4.53. The average molecular weight is 288 g/mol. The molecule has 1 rings (SSSR count). The van der Waals surface area contributed by atoms with Gasteiger partial charge in [-0.15, -0.1) is 0 Å². The van der Waals surface area contributed by atoms with E-state index in [4.69, 9.17) is 5.26 Å². The highest BCUT2D eigenvalue weighted by Crippen LogP contribution is 2.30. The fourth-order valence-electron chi connectivity index (χ4n) is 1.50. The lowest BCUT2D eigenvalue weighted by Crippen LogP contribution is -2.26. The molecule has 0 saturated heterocycles. The summed E-state index contributed by atoms with van der Waals surface area (Å²) in [6, 6.07) is 3.61. The number of nitriles is 1. The number of alkyl halides is 3. The predicted octanol–water partition coefficient (Wildman–Crippen LogP) is 3.27. The topological polar surface area (TPSA) is 52.9 Å². The summed E-state index contributed by atoms with van der Waals surface area (Å²) in [5.41, 5.74) is -1.71. The lowest BCUT2D eigenvalue weighted by Gasteiger charge is -2.10. The number of benzene rings is 1. The van der Waals surface area contributed by atoms with Crippen LogP contribution in [-0.2, 0) is 6.18 Å². The van der Waals surface area contributed by atoms with E-state index in [2.05, 4.69) is 5.32 Å². The lowest BCUT2D eigenvalue weighted by molar-refractivity contribution is -0.137. The van der Waals surface area contributed by atoms with E-state index in [9.17, 15) is 22.4 Å². The van der Waals surface area contributed by atoms with Crippen molar-refractivity contribution < 1.29 is 22.4 Å². The maximum atomic E-state index is 13.4. The van der Waals surface area contributed by atoms with Crippen LogP contribution in [0.15, 0.2) is 18.2 Å². The second-order valence-electron chi connectivity index (χ2n) is 4.06. The monoisotopic (exact) mass is 288 g/mol. The van der Waals surface area contributed by atoms with Gasteiger partial charge in [0.15, 0.2) is 0 Å². The number of halogens is 4. The molecular formula is C13H12F4N2O. The van der Waals surface area contributed by atoms with Crippen molar-refractivity contribution in [1.29, 1.82) is 5.26 Å². The molecule has 1 N–H and O–H groups in total. The SMILES string of the molecule is N#CCCCCNC(=O)c1cc(C(F)(F)F)ccc1F. The Hall–Kier alpha value is -2.10. The van der Waals surface area contributed by atoms with Crippen molar-refractivity contribution in [2.45, 2.75) is 25.4 Å². The molecule has 3 nitrogen and oxygen atoms in total. The molecule has 20 heavy (non-hydrogen) atoms. The molecule has 0 aliphatic rings. The zero-order valence-electron chi connectivity index (χ0n) is 10.4. The minimum atomic E-state index is -4.63. The van der Waals surface area contributed by atoms with E-state index in [-0.39, 0.29) is 6.54 Å². The Morgan fingerprint density at radius 2 is 2.00 bits per heavy atom. The summed E-state index contributed by atoms with van der Waals surface area (Å²) in [6.45, 7) is 0.177. The smallest absolute Gasteiger partial charge is 0.352 e. The number of hydrogen-bond donors (Lipinski definition) is 1. The Bertz CT molecular complexity index is 520. The Kier molecular flexibility index (Phi) is 5.50. The van der Waals surface area contributed by atoms with Gasteiger partial charge in [0, 0.05) is 13.0 Å². The third-order valence-corrected chi connectivity index (χ3v) is 2.54. The van der Waals surface area contributed by atoms with E-state index in [1.165, 1.54) is 0 Å². The van der Waals surface area contributed by atoms with Gasteiger partial charge in [-0.1, -0.05) is 0 Å². The van der Waals surface area contributed by atoms with Gasteiger partial charge in [-0.05, 0) is 31.0 Å². The molecule has 7 heteroatoms. The molecule has 0 aromatic heterocycles. The standard InChI is InChI=1S/C13H12F4N2O/c14-11-5-4-9(13(15,16)17)8-10(11)12(20)19-7-3-1-2-6-18/h4-5,8H,1-3,7H2,(H,19,20). The van der Waals surface area contributed by atoms with Crippen molar-refractivity contribution in [3.05, 3.63) is 35.1 Å². The summed E-state index contributed by atoms with van der Waals surface area (Å²) in [5, 5.41) is 10.6. The van der Waals surface area contributed by atoms with Crippen LogP contribution < -0.4 is 5.32 Å². The molecule has 108 valence electrons. The number of amides is 1. The summed E-state index contributed by atoms with van der Waals surface area (Å²) >= 11 is 0. The summed E-state index contributed by atoms with van der Waals surface area (Å²) in [7, 11) is 0. The van der Waals surface area contributed by atoms with Crippen LogP contribution in [0.25, 0.3) is 0 Å². The zero-order chi connectivity index (χ0) is 15.2. The van der Waals surface area contributed by atoms with Crippen LogP contribution in [0, 0.1) is 17.1 Å². The normalized spacial score (nSPS) is 10.9. The summed E-state index contributed by atoms with van der Waals surface area (Å²) in [5.74, 6) is -1.90. The minimum absolute atomic E-state index is 0.177. The molecule has 0 fully saturated rings. The number of carbonyl (C=O) groups excluding carboxylic acids is 1. The Morgan fingerprint density at radius 1 is 1.30 bits per heavy atom. The zero-order valence-corrected chi connectivity index (χ0v) is 10.4. The summed E-state index contributed by atoms with van der Waals surface area (Å²) < 4.78 is 50.8. The van der Waals surface area contributed by atoms with Crippen LogP contribution in [0.1, 0.15) is 35.2 Å². The number of nitrogens with zero attached hydrogens (tertiary/aromatic N) is 1. The molecule has 0 spiro atoms. The second kappa shape index (κ2) is 6.89. The third-order valence-electron chi connectivity index (χ3n) is 2.54. The first-order valence-corrected chi connectivity index (χ1v) is 5.88. The second-order valence-corrected chi connectivity index (χ2v) is 4.06. The summed E-state index contributed by atoms with van der Waals surface area (Å²) in [6.07, 6.45) is -3.24. The highest BCUT2D eigenvalue weighted by molar-refractivity contribution is 5.94. The van der Waals surface area contributed by atoms with Crippen molar-refractivity contribution in [3.8, 4) is 6.07 Å². The molecule has 0 saturated carbocycles. The van der Waals surface area contributed by atoms with Crippen LogP contribution in [0.5, 0.6) is 0 Å². The van der Waals surface area contributed by atoms with Crippen LogP contribution >= 0.6 is 0 Å². The van der Waals surface area contributed by atoms with Crippen LogP contribution in [-0.4, -0.2) is 12.5 Å². The Morgan fingerprint density at radius 3 is 2.60 bits per heavy atom. The average Bonchev–Trinajstić information content (AvgIpc) is 2.37. The molecule has 0 aliphatic carbocycles. The van der Waals surface area contributed by atoms with Gasteiger partial charge in [0.05, 0.1) is 17.2 Å². The van der Waals surface area contributed by atoms with E-state index >= 15 is 0 Å². The van der Waals surface area contributed by atoms with Gasteiger partial charge in [0.2, 0.25) is 0 Å². The molecule has 0 atom stereocenters. The first-order chi connectivity index (χ1) is 9.36. The maximum Gasteiger partial charge on any atom is 0.416 e. The predicted molar refractivity (Wildman–Crippen MR) is 63.2 cm³/mol. The van der Waals surface area contributed by atoms with Crippen molar-refractivity contribution >= 4 is 5.91 Å². The van der Waals surface area contributed by atoms with Crippen molar-refractivity contribution in [1.82, 2.24) is 5.32 Å². The van der Waals surface area contributed by atoms with Crippen LogP contribution in [0.2, 0.25) is 0 Å². The van der Waals surface area contributed by atoms with Crippen LogP contribution in [0.4, 0.5) is 17.6 Å². The van der Waals surface area contributed by atoms with Gasteiger partial charge in [-0.25, -0.2) is 4.39 Å². The molecule has 1 aromatic carbocycles. The molecule has 0 bridgehead atoms. The van der Waals surface area contributed by atoms with Gasteiger partial charge in [-0.2, -0.15) is 18.4 Å². The molecule has 0 unspecified atom stereocenters. The molecular weight excluding hydrogens is 276 g/mol. The maximum absolute atomic E-state index is 13.4. The van der Waals surface area contributed by atoms with Gasteiger partial charge < -0.3 is 5.32 Å². The first kappa shape index (κ1) is 16.0. The first-order valence-electron chi connectivity index (χ1n) is 5.88. The lowest BCUT2D eigenvalue weighted by atomic mass is 10.1. The number of nitrogens with one attached hydrogen (secondary N) is 1. The highest BCUT2D eigenvalue weighted by atomic mass is 19.4. The highest BCUT2D eigenvalue weighted by Gasteiger charge is 2.31. The molecule has 0 radical (unpaired) electrons. The number of rotatable bonds is 5. The number of carbonyl (C=O) groups is 1. The number of unbranched alkanes of at least 4 members (excludes halogenated alkanes) is 2. The summed E-state index contributed by atoms with van der Waals surface area (Å²) in [4.78, 5) is 11.6. The van der Waals surface area contributed by atoms with Gasteiger partial charge >= 0.3 is 6.18 Å². The van der Waals surface area contributed by atoms with Crippen molar-refractivity contribution in [2.24, 2.45) is 0 Å². The van der Waals surface area contributed by atoms with Crippen LogP contribution in [0.3, 0.4) is 0 Å². The van der Waals surface area contributed by atoms with E-state index in [0.717, 1.165) is 0 Å². The fourth-order valence-corrected chi connectivity index (χ4v) is 1.50. The quantitative estimate of drug-likeness (QED) is 0.668. The Labute approximate surface area is 113 Å². The minimum Gasteiger partial charge on any atom is -0.352 e. The molecule has 0 heterocycles. The van der Waals surface area contributed by atoms with E-state index in [1.54, 1.807) is 0 Å². The van der Waals surface area contributed by atoms with Crippen molar-refractivity contribution in [2.75, 3.05) is 6.54 Å². The van der Waals surface area contributed by atoms with E-state index < -0.39 is 29.0 Å². The fraction of sp³-hybridized carbons (Fsp3) is 0.385. The van der Waals surface area contributed by atoms with Gasteiger partial charge in [0.1, 0.15) is 5.82 Å². The largest absolute Gasteiger partial charge is 0.416 e. The van der Waals surface area contributed by atoms with E-state index in [0.29, 0.717) is 37.5 Å². The molecule has 0 aliphatic heterocycles. The van der Waals surface area contributed by atoms with Crippen molar-refractivity contribution in [3.63, 3.8) is 0 Å². The number of hydrogen-bond acceptors (Lipinski definition) is 2. The van der Waals surface area contributed by atoms with Gasteiger partial charge in [-0.3, -0.25) is 4.79 Å². The molecule has 1 aromatic rings. The molecule has 1 amide bonds. The Balaban J connectivity index is 2.70. The van der Waals surface area contributed by atoms with E-state index in [1.807, 2.05) is 6.07 Å².